The molecule has 0 spiro atoms. The molecule has 28 heavy (non-hydrogen) atoms. The number of likely N-dealkylation sites (N-methyl/N-ethyl adjacent to an activating group) is 2. The second-order valence-electron chi connectivity index (χ2n) is 6.18. The molecule has 0 aromatic heterocycles. The fraction of sp³-hybridized carbons (Fsp3) is 0.550. The van der Waals surface area contributed by atoms with Crippen LogP contribution >= 0.6 is 0 Å². The van der Waals surface area contributed by atoms with Crippen molar-refractivity contribution < 1.29 is 27.4 Å². The number of carbonyl (C=O) groups excluding carboxylic acids is 1. The molecule has 8 heteroatoms. The van der Waals surface area contributed by atoms with Crippen LogP contribution in [0.3, 0.4) is 0 Å². The van der Waals surface area contributed by atoms with Crippen LogP contribution in [0, 0.1) is 0 Å². The first-order valence-corrected chi connectivity index (χ1v) is 9.32. The minimum Gasteiger partial charge on any atom is -0.490 e. The highest BCUT2D eigenvalue weighted by molar-refractivity contribution is 5.91. The molecule has 0 saturated carbocycles. The summed E-state index contributed by atoms with van der Waals surface area (Å²) in [6.07, 6.45) is -1.18. The van der Waals surface area contributed by atoms with Crippen molar-refractivity contribution in [1.29, 1.82) is 0 Å². The first-order chi connectivity index (χ1) is 13.2. The number of alkyl halides is 3. The summed E-state index contributed by atoms with van der Waals surface area (Å²) < 4.78 is 48.2. The molecule has 0 radical (unpaired) electrons. The molecule has 1 aromatic carbocycles. The summed E-state index contributed by atoms with van der Waals surface area (Å²) in [6, 6.07) is 5.37. The largest absolute Gasteiger partial charge is 0.490 e. The van der Waals surface area contributed by atoms with Gasteiger partial charge in [-0.25, -0.2) is 0 Å². The Hall–Kier alpha value is -2.22. The van der Waals surface area contributed by atoms with Gasteiger partial charge in [0.15, 0.2) is 11.5 Å². The Kier molecular flexibility index (Phi) is 9.85. The van der Waals surface area contributed by atoms with Crippen LogP contribution in [0.5, 0.6) is 11.5 Å². The standard InChI is InChI=1S/C20H29F3N2O3/c1-5-25(13-12-24(4)15-20(21,22)23)19(26)11-9-16-8-10-17(27-6-2)18(14-16)28-7-3/h8-11,14H,5-7,12-13,15H2,1-4H3. The molecule has 1 rings (SSSR count). The zero-order chi connectivity index (χ0) is 21.2. The Morgan fingerprint density at radius 2 is 1.71 bits per heavy atom. The third-order valence-electron chi connectivity index (χ3n) is 3.88. The van der Waals surface area contributed by atoms with Crippen LogP contribution in [0.1, 0.15) is 26.3 Å². The topological polar surface area (TPSA) is 42.0 Å². The highest BCUT2D eigenvalue weighted by Gasteiger charge is 2.29. The first-order valence-electron chi connectivity index (χ1n) is 9.32. The Balaban J connectivity index is 2.73. The Morgan fingerprint density at radius 1 is 1.07 bits per heavy atom. The second-order valence-corrected chi connectivity index (χ2v) is 6.18. The quantitative estimate of drug-likeness (QED) is 0.528. The summed E-state index contributed by atoms with van der Waals surface area (Å²) in [6.45, 7) is 6.33. The van der Waals surface area contributed by atoms with Crippen LogP contribution in [-0.4, -0.2) is 68.3 Å². The van der Waals surface area contributed by atoms with Crippen LogP contribution in [-0.2, 0) is 4.79 Å². The minimum absolute atomic E-state index is 0.143. The summed E-state index contributed by atoms with van der Waals surface area (Å²) in [5.74, 6) is 0.977. The van der Waals surface area contributed by atoms with E-state index in [2.05, 4.69) is 0 Å². The van der Waals surface area contributed by atoms with E-state index in [-0.39, 0.29) is 19.0 Å². The molecule has 1 amide bonds. The number of nitrogens with zero attached hydrogens (tertiary/aromatic N) is 2. The van der Waals surface area contributed by atoms with Crippen molar-refractivity contribution >= 4 is 12.0 Å². The lowest BCUT2D eigenvalue weighted by molar-refractivity contribution is -0.143. The SMILES string of the molecule is CCOc1ccc(C=CC(=O)N(CC)CCN(C)CC(F)(F)F)cc1OCC. The number of rotatable bonds is 11. The summed E-state index contributed by atoms with van der Waals surface area (Å²) in [5, 5.41) is 0. The van der Waals surface area contributed by atoms with Crippen LogP contribution in [0.2, 0.25) is 0 Å². The van der Waals surface area contributed by atoms with E-state index in [1.807, 2.05) is 19.9 Å². The van der Waals surface area contributed by atoms with E-state index in [1.165, 1.54) is 18.0 Å². The lowest BCUT2D eigenvalue weighted by Crippen LogP contribution is -2.39. The molecule has 0 heterocycles. The maximum absolute atomic E-state index is 12.4. The Morgan fingerprint density at radius 3 is 2.29 bits per heavy atom. The number of amides is 1. The molecule has 0 atom stereocenters. The molecule has 0 aliphatic heterocycles. The van der Waals surface area contributed by atoms with Crippen molar-refractivity contribution in [2.75, 3.05) is 46.4 Å². The van der Waals surface area contributed by atoms with Gasteiger partial charge in [-0.1, -0.05) is 6.07 Å². The molecule has 0 aliphatic carbocycles. The molecule has 5 nitrogen and oxygen atoms in total. The number of ether oxygens (including phenoxy) is 2. The van der Waals surface area contributed by atoms with E-state index >= 15 is 0 Å². The third-order valence-corrected chi connectivity index (χ3v) is 3.88. The Bertz CT molecular complexity index is 648. The van der Waals surface area contributed by atoms with Gasteiger partial charge in [-0.2, -0.15) is 13.2 Å². The van der Waals surface area contributed by atoms with Crippen molar-refractivity contribution in [3.8, 4) is 11.5 Å². The molecule has 0 saturated heterocycles. The number of benzene rings is 1. The zero-order valence-electron chi connectivity index (χ0n) is 16.9. The van der Waals surface area contributed by atoms with Crippen LogP contribution < -0.4 is 9.47 Å². The molecule has 0 fully saturated rings. The number of carbonyl (C=O) groups is 1. The van der Waals surface area contributed by atoms with E-state index in [4.69, 9.17) is 9.47 Å². The monoisotopic (exact) mass is 402 g/mol. The molecule has 158 valence electrons. The molecule has 0 bridgehead atoms. The summed E-state index contributed by atoms with van der Waals surface area (Å²) in [5.41, 5.74) is 0.769. The van der Waals surface area contributed by atoms with Gasteiger partial charge >= 0.3 is 6.18 Å². The van der Waals surface area contributed by atoms with Crippen molar-refractivity contribution in [1.82, 2.24) is 9.80 Å². The van der Waals surface area contributed by atoms with E-state index in [1.54, 1.807) is 25.1 Å². The van der Waals surface area contributed by atoms with Crippen LogP contribution in [0.4, 0.5) is 13.2 Å². The van der Waals surface area contributed by atoms with E-state index in [9.17, 15) is 18.0 Å². The Labute approximate surface area is 164 Å². The molecule has 0 N–H and O–H groups in total. The smallest absolute Gasteiger partial charge is 0.401 e. The van der Waals surface area contributed by atoms with Gasteiger partial charge in [0.05, 0.1) is 19.8 Å². The molecular formula is C20H29F3N2O3. The third kappa shape index (κ3) is 8.65. The van der Waals surface area contributed by atoms with Crippen molar-refractivity contribution in [2.45, 2.75) is 26.9 Å². The predicted molar refractivity (Wildman–Crippen MR) is 104 cm³/mol. The van der Waals surface area contributed by atoms with Gasteiger partial charge in [-0.3, -0.25) is 9.69 Å². The van der Waals surface area contributed by atoms with Crippen LogP contribution in [0.25, 0.3) is 6.08 Å². The number of halogens is 3. The average molecular weight is 402 g/mol. The lowest BCUT2D eigenvalue weighted by atomic mass is 10.2. The van der Waals surface area contributed by atoms with Crippen LogP contribution in [0.15, 0.2) is 24.3 Å². The van der Waals surface area contributed by atoms with Crippen molar-refractivity contribution in [2.24, 2.45) is 0 Å². The van der Waals surface area contributed by atoms with E-state index < -0.39 is 12.7 Å². The predicted octanol–water partition coefficient (Wildman–Crippen LogP) is 3.84. The van der Waals surface area contributed by atoms with E-state index in [0.29, 0.717) is 31.3 Å². The van der Waals surface area contributed by atoms with Gasteiger partial charge in [-0.05, 0) is 51.6 Å². The number of hydrogen-bond donors (Lipinski definition) is 0. The maximum atomic E-state index is 12.4. The minimum atomic E-state index is -4.25. The number of hydrogen-bond acceptors (Lipinski definition) is 4. The summed E-state index contributed by atoms with van der Waals surface area (Å²) in [7, 11) is 1.39. The lowest BCUT2D eigenvalue weighted by Gasteiger charge is -2.24. The van der Waals surface area contributed by atoms with Gasteiger partial charge in [0, 0.05) is 25.7 Å². The fourth-order valence-corrected chi connectivity index (χ4v) is 2.54. The van der Waals surface area contributed by atoms with Crippen molar-refractivity contribution in [3.63, 3.8) is 0 Å². The normalized spacial score (nSPS) is 11.9. The molecular weight excluding hydrogens is 373 g/mol. The first kappa shape index (κ1) is 23.8. The van der Waals surface area contributed by atoms with Gasteiger partial charge < -0.3 is 14.4 Å². The van der Waals surface area contributed by atoms with Gasteiger partial charge in [-0.15, -0.1) is 0 Å². The van der Waals surface area contributed by atoms with Gasteiger partial charge in [0.2, 0.25) is 5.91 Å². The highest BCUT2D eigenvalue weighted by atomic mass is 19.4. The average Bonchev–Trinajstić information content (AvgIpc) is 2.61. The van der Waals surface area contributed by atoms with Gasteiger partial charge in [0.25, 0.3) is 0 Å². The second kappa shape index (κ2) is 11.6. The van der Waals surface area contributed by atoms with Crippen molar-refractivity contribution in [3.05, 3.63) is 29.8 Å². The van der Waals surface area contributed by atoms with Gasteiger partial charge in [0.1, 0.15) is 0 Å². The van der Waals surface area contributed by atoms with E-state index in [0.717, 1.165) is 10.5 Å². The zero-order valence-corrected chi connectivity index (χ0v) is 16.9. The summed E-state index contributed by atoms with van der Waals surface area (Å²) in [4.78, 5) is 15.0. The maximum Gasteiger partial charge on any atom is 0.401 e. The molecule has 1 aromatic rings. The summed E-state index contributed by atoms with van der Waals surface area (Å²) >= 11 is 0. The molecule has 0 aliphatic rings. The highest BCUT2D eigenvalue weighted by Crippen LogP contribution is 2.29. The molecule has 0 unspecified atom stereocenters. The fourth-order valence-electron chi connectivity index (χ4n) is 2.54.